The number of aliphatic hydroxyl groups is 2. The molecule has 0 aliphatic heterocycles. The lowest BCUT2D eigenvalue weighted by Crippen LogP contribution is -1.81. The fraction of sp³-hybridized carbons (Fsp3) is 0.667. The second kappa shape index (κ2) is 17.6. The van der Waals surface area contributed by atoms with Crippen LogP contribution in [0.3, 0.4) is 0 Å². The van der Waals surface area contributed by atoms with E-state index in [4.69, 9.17) is 10.2 Å². The first-order valence-electron chi connectivity index (χ1n) is 7.50. The van der Waals surface area contributed by atoms with E-state index in [0.717, 1.165) is 51.4 Å². The second-order valence-electron chi connectivity index (χ2n) is 4.48. The SMILES string of the molecule is OCCCCCC#CCC#CCC#CCCCCCO. The summed E-state index contributed by atoms with van der Waals surface area (Å²) in [5.41, 5.74) is 0. The molecule has 0 spiro atoms. The van der Waals surface area contributed by atoms with Gasteiger partial charge in [-0.15, -0.1) is 11.8 Å². The minimum atomic E-state index is 0.279. The molecule has 0 saturated heterocycles. The van der Waals surface area contributed by atoms with Crippen molar-refractivity contribution in [1.82, 2.24) is 0 Å². The maximum absolute atomic E-state index is 8.61. The highest BCUT2D eigenvalue weighted by Gasteiger charge is 1.84. The average molecular weight is 274 g/mol. The average Bonchev–Trinajstić information content (AvgIpc) is 2.47. The Kier molecular flexibility index (Phi) is 16.4. The Morgan fingerprint density at radius 1 is 0.450 bits per heavy atom. The van der Waals surface area contributed by atoms with Crippen LogP contribution in [0.1, 0.15) is 64.2 Å². The van der Waals surface area contributed by atoms with Gasteiger partial charge in [-0.25, -0.2) is 0 Å². The van der Waals surface area contributed by atoms with E-state index >= 15 is 0 Å². The Bertz CT molecular complexity index is 343. The van der Waals surface area contributed by atoms with Gasteiger partial charge >= 0.3 is 0 Å². The van der Waals surface area contributed by atoms with Gasteiger partial charge in [0.05, 0.1) is 12.8 Å². The van der Waals surface area contributed by atoms with Crippen molar-refractivity contribution in [3.05, 3.63) is 0 Å². The predicted octanol–water partition coefficient (Wildman–Crippen LogP) is 2.88. The van der Waals surface area contributed by atoms with Crippen LogP contribution in [-0.4, -0.2) is 23.4 Å². The van der Waals surface area contributed by atoms with Crippen molar-refractivity contribution in [3.63, 3.8) is 0 Å². The molecule has 2 heteroatoms. The summed E-state index contributed by atoms with van der Waals surface area (Å²) in [6.07, 6.45) is 9.00. The van der Waals surface area contributed by atoms with Crippen LogP contribution in [0.4, 0.5) is 0 Å². The van der Waals surface area contributed by atoms with Crippen molar-refractivity contribution in [2.24, 2.45) is 0 Å². The van der Waals surface area contributed by atoms with E-state index in [0.29, 0.717) is 12.8 Å². The largest absolute Gasteiger partial charge is 0.396 e. The first-order valence-corrected chi connectivity index (χ1v) is 7.50. The van der Waals surface area contributed by atoms with E-state index in [1.54, 1.807) is 0 Å². The van der Waals surface area contributed by atoms with Gasteiger partial charge in [-0.2, -0.15) is 0 Å². The number of hydrogen-bond donors (Lipinski definition) is 2. The van der Waals surface area contributed by atoms with Crippen molar-refractivity contribution >= 4 is 0 Å². The van der Waals surface area contributed by atoms with Gasteiger partial charge in [0.2, 0.25) is 0 Å². The van der Waals surface area contributed by atoms with Crippen molar-refractivity contribution < 1.29 is 10.2 Å². The summed E-state index contributed by atoms with van der Waals surface area (Å²) < 4.78 is 0. The third kappa shape index (κ3) is 16.6. The predicted molar refractivity (Wildman–Crippen MR) is 83.7 cm³/mol. The molecule has 0 saturated carbocycles. The molecule has 0 radical (unpaired) electrons. The maximum Gasteiger partial charge on any atom is 0.0702 e. The molecule has 0 atom stereocenters. The lowest BCUT2D eigenvalue weighted by molar-refractivity contribution is 0.283. The van der Waals surface area contributed by atoms with Gasteiger partial charge in [-0.05, 0) is 25.7 Å². The van der Waals surface area contributed by atoms with E-state index in [9.17, 15) is 0 Å². The van der Waals surface area contributed by atoms with Crippen molar-refractivity contribution in [2.45, 2.75) is 64.2 Å². The molecule has 0 bridgehead atoms. The van der Waals surface area contributed by atoms with Gasteiger partial charge in [0.15, 0.2) is 0 Å². The summed E-state index contributed by atoms with van der Waals surface area (Å²) in [5.74, 6) is 18.2. The topological polar surface area (TPSA) is 40.5 Å². The van der Waals surface area contributed by atoms with Crippen LogP contribution < -0.4 is 0 Å². The normalized spacial score (nSPS) is 8.70. The molecule has 0 aromatic rings. The third-order valence-electron chi connectivity index (χ3n) is 2.65. The molecule has 0 aliphatic rings. The number of hydrogen-bond acceptors (Lipinski definition) is 2. The Morgan fingerprint density at radius 2 is 0.850 bits per heavy atom. The Morgan fingerprint density at radius 3 is 1.25 bits per heavy atom. The molecule has 2 nitrogen and oxygen atoms in total. The van der Waals surface area contributed by atoms with E-state index in [1.807, 2.05) is 0 Å². The zero-order valence-electron chi connectivity index (χ0n) is 12.4. The summed E-state index contributed by atoms with van der Waals surface area (Å²) in [6.45, 7) is 0.558. The molecule has 20 heavy (non-hydrogen) atoms. The maximum atomic E-state index is 8.61. The summed E-state index contributed by atoms with van der Waals surface area (Å²) in [6, 6.07) is 0. The van der Waals surface area contributed by atoms with Crippen LogP contribution in [0.5, 0.6) is 0 Å². The zero-order valence-corrected chi connectivity index (χ0v) is 12.4. The number of rotatable bonds is 8. The number of aliphatic hydroxyl groups excluding tert-OH is 2. The summed E-state index contributed by atoms with van der Waals surface area (Å²) in [4.78, 5) is 0. The summed E-state index contributed by atoms with van der Waals surface area (Å²) in [5, 5.41) is 17.2. The van der Waals surface area contributed by atoms with Gasteiger partial charge in [-0.1, -0.05) is 36.5 Å². The first kappa shape index (κ1) is 18.6. The summed E-state index contributed by atoms with van der Waals surface area (Å²) >= 11 is 0. The first-order chi connectivity index (χ1) is 9.91. The standard InChI is InChI=1S/C18H26O2/c19-17-15-13-11-9-7-5-3-1-2-4-6-8-10-12-14-16-18-20/h19-20H,3-4,9-18H2. The highest BCUT2D eigenvalue weighted by atomic mass is 16.3. The monoisotopic (exact) mass is 274 g/mol. The van der Waals surface area contributed by atoms with Crippen molar-refractivity contribution in [2.75, 3.05) is 13.2 Å². The lowest BCUT2D eigenvalue weighted by Gasteiger charge is -1.91. The summed E-state index contributed by atoms with van der Waals surface area (Å²) in [7, 11) is 0. The molecule has 110 valence electrons. The Labute approximate surface area is 124 Å². The minimum Gasteiger partial charge on any atom is -0.396 e. The minimum absolute atomic E-state index is 0.279. The van der Waals surface area contributed by atoms with Crippen LogP contribution in [0.25, 0.3) is 0 Å². The molecule has 0 aromatic carbocycles. The van der Waals surface area contributed by atoms with Crippen LogP contribution in [0.2, 0.25) is 0 Å². The second-order valence-corrected chi connectivity index (χ2v) is 4.48. The molecule has 0 fully saturated rings. The lowest BCUT2D eigenvalue weighted by atomic mass is 10.2. The Balaban J connectivity index is 3.41. The van der Waals surface area contributed by atoms with Crippen LogP contribution in [0.15, 0.2) is 0 Å². The molecule has 0 aromatic heterocycles. The van der Waals surface area contributed by atoms with Crippen LogP contribution in [0, 0.1) is 35.5 Å². The molecule has 0 aliphatic carbocycles. The smallest absolute Gasteiger partial charge is 0.0702 e. The van der Waals surface area contributed by atoms with Gasteiger partial charge in [0, 0.05) is 26.1 Å². The molecule has 0 unspecified atom stereocenters. The molecular weight excluding hydrogens is 248 g/mol. The van der Waals surface area contributed by atoms with E-state index < -0.39 is 0 Å². The van der Waals surface area contributed by atoms with Crippen LogP contribution >= 0.6 is 0 Å². The third-order valence-corrected chi connectivity index (χ3v) is 2.65. The highest BCUT2D eigenvalue weighted by molar-refractivity contribution is 5.16. The fourth-order valence-corrected chi connectivity index (χ4v) is 1.52. The van der Waals surface area contributed by atoms with Gasteiger partial charge in [0.1, 0.15) is 0 Å². The molecular formula is C18H26O2. The van der Waals surface area contributed by atoms with Crippen molar-refractivity contribution in [1.29, 1.82) is 0 Å². The Hall–Kier alpha value is -1.40. The van der Waals surface area contributed by atoms with E-state index in [1.165, 1.54) is 0 Å². The van der Waals surface area contributed by atoms with Crippen LogP contribution in [-0.2, 0) is 0 Å². The van der Waals surface area contributed by atoms with Gasteiger partial charge in [0.25, 0.3) is 0 Å². The highest BCUT2D eigenvalue weighted by Crippen LogP contribution is 1.97. The fourth-order valence-electron chi connectivity index (χ4n) is 1.52. The van der Waals surface area contributed by atoms with E-state index in [2.05, 4.69) is 35.5 Å². The molecule has 0 amide bonds. The molecule has 0 heterocycles. The molecule has 2 N–H and O–H groups in total. The van der Waals surface area contributed by atoms with E-state index in [-0.39, 0.29) is 13.2 Å². The quantitative estimate of drug-likeness (QED) is 0.528. The van der Waals surface area contributed by atoms with Gasteiger partial charge < -0.3 is 10.2 Å². The number of unbranched alkanes of at least 4 members (excludes halogenated alkanes) is 6. The van der Waals surface area contributed by atoms with Gasteiger partial charge in [-0.3, -0.25) is 0 Å². The zero-order chi connectivity index (χ0) is 14.7. The van der Waals surface area contributed by atoms with Crippen molar-refractivity contribution in [3.8, 4) is 35.5 Å². The molecule has 0 rings (SSSR count).